The molecule has 1 N–H and O–H groups in total. The van der Waals surface area contributed by atoms with E-state index >= 15 is 0 Å². The Morgan fingerprint density at radius 3 is 2.35 bits per heavy atom. The number of rotatable bonds is 3. The fourth-order valence-corrected chi connectivity index (χ4v) is 1.34. The summed E-state index contributed by atoms with van der Waals surface area (Å²) in [6, 6.07) is 3.02. The van der Waals surface area contributed by atoms with Gasteiger partial charge in [0.05, 0.1) is 5.56 Å². The molecule has 0 aliphatic heterocycles. The number of aryl methyl sites for hydroxylation is 1. The molecule has 1 aromatic rings. The van der Waals surface area contributed by atoms with Crippen LogP contribution in [0.5, 0.6) is 0 Å². The fourth-order valence-electron chi connectivity index (χ4n) is 1.34. The quantitative estimate of drug-likeness (QED) is 0.659. The zero-order valence-electron chi connectivity index (χ0n) is 8.84. The molecule has 0 heterocycles. The predicted molar refractivity (Wildman–Crippen MR) is 52.8 cm³/mol. The highest BCUT2D eigenvalue weighted by Gasteiger charge is 2.33. The number of halogens is 3. The molecule has 0 aliphatic carbocycles. The second-order valence-corrected chi connectivity index (χ2v) is 3.52. The lowest BCUT2D eigenvalue weighted by atomic mass is 10.0. The Balaban J connectivity index is 3.13. The number of benzene rings is 1. The third-order valence-corrected chi connectivity index (χ3v) is 2.18. The molecule has 0 saturated carbocycles. The second-order valence-electron chi connectivity index (χ2n) is 3.52. The fraction of sp³-hybridized carbons (Fsp3) is 0.273. The molecule has 0 unspecified atom stereocenters. The number of aliphatic carboxylic acids is 1. The van der Waals surface area contributed by atoms with Crippen molar-refractivity contribution in [3.63, 3.8) is 0 Å². The summed E-state index contributed by atoms with van der Waals surface area (Å²) in [4.78, 5) is 21.6. The van der Waals surface area contributed by atoms with E-state index < -0.39 is 29.9 Å². The maximum Gasteiger partial charge on any atom is 0.416 e. The Hall–Kier alpha value is -1.85. The number of carbonyl (C=O) groups is 2. The van der Waals surface area contributed by atoms with Crippen molar-refractivity contribution >= 4 is 11.8 Å². The van der Waals surface area contributed by atoms with Crippen molar-refractivity contribution in [2.24, 2.45) is 0 Å². The molecule has 17 heavy (non-hydrogen) atoms. The normalized spacial score (nSPS) is 11.3. The van der Waals surface area contributed by atoms with Gasteiger partial charge in [-0.2, -0.15) is 13.2 Å². The number of hydrogen-bond donors (Lipinski definition) is 1. The lowest BCUT2D eigenvalue weighted by Crippen LogP contribution is -2.11. The van der Waals surface area contributed by atoms with Gasteiger partial charge >= 0.3 is 12.1 Å². The molecule has 0 atom stereocenters. The summed E-state index contributed by atoms with van der Waals surface area (Å²) in [7, 11) is 0. The minimum Gasteiger partial charge on any atom is -0.481 e. The monoisotopic (exact) mass is 246 g/mol. The largest absolute Gasteiger partial charge is 0.481 e. The van der Waals surface area contributed by atoms with Gasteiger partial charge in [-0.25, -0.2) is 0 Å². The number of hydrogen-bond acceptors (Lipinski definition) is 2. The van der Waals surface area contributed by atoms with Gasteiger partial charge < -0.3 is 5.11 Å². The number of carboxylic acid groups (broad SMARTS) is 1. The highest BCUT2D eigenvalue weighted by molar-refractivity contribution is 6.05. The van der Waals surface area contributed by atoms with Gasteiger partial charge in [0.1, 0.15) is 6.42 Å². The minimum absolute atomic E-state index is 0.00984. The van der Waals surface area contributed by atoms with Gasteiger partial charge in [-0.3, -0.25) is 9.59 Å². The topological polar surface area (TPSA) is 54.4 Å². The van der Waals surface area contributed by atoms with E-state index in [1.54, 1.807) is 0 Å². The number of Topliss-reactive ketones (excluding diaryl/α,β-unsaturated/α-hetero) is 1. The first-order chi connectivity index (χ1) is 7.71. The Kier molecular flexibility index (Phi) is 3.55. The molecular weight excluding hydrogens is 237 g/mol. The van der Waals surface area contributed by atoms with Crippen molar-refractivity contribution in [1.82, 2.24) is 0 Å². The van der Waals surface area contributed by atoms with Crippen LogP contribution in [0.15, 0.2) is 18.2 Å². The van der Waals surface area contributed by atoms with Gasteiger partial charge in [0.15, 0.2) is 5.78 Å². The average Bonchev–Trinajstić information content (AvgIpc) is 2.15. The molecule has 3 nitrogen and oxygen atoms in total. The molecule has 92 valence electrons. The standard InChI is InChI=1S/C11H9F3O3/c1-6-2-3-7(9(15)5-10(16)17)4-8(6)11(12,13)14/h2-4H,5H2,1H3,(H,16,17). The molecule has 0 spiro atoms. The lowest BCUT2D eigenvalue weighted by Gasteiger charge is -2.11. The molecule has 0 saturated heterocycles. The first kappa shape index (κ1) is 13.2. The summed E-state index contributed by atoms with van der Waals surface area (Å²) >= 11 is 0. The predicted octanol–water partition coefficient (Wildman–Crippen LogP) is 2.67. The van der Waals surface area contributed by atoms with Crippen LogP contribution in [-0.4, -0.2) is 16.9 Å². The van der Waals surface area contributed by atoms with Crippen LogP contribution >= 0.6 is 0 Å². The van der Waals surface area contributed by atoms with Crippen LogP contribution in [0.2, 0.25) is 0 Å². The summed E-state index contributed by atoms with van der Waals surface area (Å²) in [6.07, 6.45) is -5.37. The van der Waals surface area contributed by atoms with Gasteiger partial charge in [0.2, 0.25) is 0 Å². The number of alkyl halides is 3. The summed E-state index contributed by atoms with van der Waals surface area (Å²) in [5, 5.41) is 8.39. The third kappa shape index (κ3) is 3.30. The smallest absolute Gasteiger partial charge is 0.416 e. The van der Waals surface area contributed by atoms with Crippen LogP contribution in [0.4, 0.5) is 13.2 Å². The highest BCUT2D eigenvalue weighted by Crippen LogP contribution is 2.32. The van der Waals surface area contributed by atoms with Crippen molar-refractivity contribution in [1.29, 1.82) is 0 Å². The third-order valence-electron chi connectivity index (χ3n) is 2.18. The van der Waals surface area contributed by atoms with E-state index in [9.17, 15) is 22.8 Å². The van der Waals surface area contributed by atoms with Crippen LogP contribution in [0.3, 0.4) is 0 Å². The van der Waals surface area contributed by atoms with Crippen LogP contribution in [0.25, 0.3) is 0 Å². The Labute approximate surface area is 94.9 Å². The maximum atomic E-state index is 12.5. The molecular formula is C11H9F3O3. The number of carbonyl (C=O) groups excluding carboxylic acids is 1. The van der Waals surface area contributed by atoms with Crippen molar-refractivity contribution in [2.75, 3.05) is 0 Å². The van der Waals surface area contributed by atoms with Gasteiger partial charge in [0.25, 0.3) is 0 Å². The van der Waals surface area contributed by atoms with Gasteiger partial charge in [-0.1, -0.05) is 12.1 Å². The van der Waals surface area contributed by atoms with E-state index in [2.05, 4.69) is 0 Å². The minimum atomic E-state index is -4.55. The SMILES string of the molecule is Cc1ccc(C(=O)CC(=O)O)cc1C(F)(F)F. The zero-order chi connectivity index (χ0) is 13.2. The summed E-state index contributed by atoms with van der Waals surface area (Å²) in [5.74, 6) is -2.22. The summed E-state index contributed by atoms with van der Waals surface area (Å²) in [6.45, 7) is 1.27. The first-order valence-corrected chi connectivity index (χ1v) is 4.64. The molecule has 1 rings (SSSR count). The summed E-state index contributed by atoms with van der Waals surface area (Å²) < 4.78 is 37.6. The van der Waals surface area contributed by atoms with Crippen LogP contribution < -0.4 is 0 Å². The number of carboxylic acids is 1. The molecule has 0 fully saturated rings. The maximum absolute atomic E-state index is 12.5. The van der Waals surface area contributed by atoms with Crippen LogP contribution in [0, 0.1) is 6.92 Å². The molecule has 0 aliphatic rings. The molecule has 0 amide bonds. The molecule has 0 radical (unpaired) electrons. The second kappa shape index (κ2) is 4.57. The Morgan fingerprint density at radius 1 is 1.29 bits per heavy atom. The lowest BCUT2D eigenvalue weighted by molar-refractivity contribution is -0.138. The van der Waals surface area contributed by atoms with E-state index in [0.717, 1.165) is 6.07 Å². The Bertz CT molecular complexity index is 464. The zero-order valence-corrected chi connectivity index (χ0v) is 8.84. The molecule has 0 aromatic heterocycles. The summed E-state index contributed by atoms with van der Waals surface area (Å²) in [5.41, 5.74) is -1.18. The van der Waals surface area contributed by atoms with Crippen molar-refractivity contribution in [3.05, 3.63) is 34.9 Å². The molecule has 0 bridgehead atoms. The van der Waals surface area contributed by atoms with E-state index in [4.69, 9.17) is 5.11 Å². The van der Waals surface area contributed by atoms with E-state index in [0.29, 0.717) is 6.07 Å². The highest BCUT2D eigenvalue weighted by atomic mass is 19.4. The van der Waals surface area contributed by atoms with E-state index in [-0.39, 0.29) is 11.1 Å². The van der Waals surface area contributed by atoms with Crippen molar-refractivity contribution < 1.29 is 27.9 Å². The van der Waals surface area contributed by atoms with Gasteiger partial charge in [-0.05, 0) is 18.6 Å². The first-order valence-electron chi connectivity index (χ1n) is 4.64. The molecule has 6 heteroatoms. The molecule has 1 aromatic carbocycles. The van der Waals surface area contributed by atoms with Gasteiger partial charge in [0, 0.05) is 5.56 Å². The average molecular weight is 246 g/mol. The van der Waals surface area contributed by atoms with Crippen molar-refractivity contribution in [2.45, 2.75) is 19.5 Å². The van der Waals surface area contributed by atoms with E-state index in [1.165, 1.54) is 13.0 Å². The number of ketones is 1. The van der Waals surface area contributed by atoms with Gasteiger partial charge in [-0.15, -0.1) is 0 Å². The van der Waals surface area contributed by atoms with Crippen LogP contribution in [-0.2, 0) is 11.0 Å². The Morgan fingerprint density at radius 2 is 1.88 bits per heavy atom. The van der Waals surface area contributed by atoms with Crippen LogP contribution in [0.1, 0.15) is 27.9 Å². The van der Waals surface area contributed by atoms with Crippen molar-refractivity contribution in [3.8, 4) is 0 Å². The van der Waals surface area contributed by atoms with E-state index in [1.807, 2.05) is 0 Å².